The monoisotopic (exact) mass is 378 g/mol. The Bertz CT molecular complexity index is 631. The van der Waals surface area contributed by atoms with Gasteiger partial charge >= 0.3 is 0 Å². The maximum Gasteiger partial charge on any atom is 0.167 e. The van der Waals surface area contributed by atoms with E-state index in [1.807, 2.05) is 42.5 Å². The zero-order valence-corrected chi connectivity index (χ0v) is 15.0. The van der Waals surface area contributed by atoms with Crippen LogP contribution in [0.1, 0.15) is 24.1 Å². The standard InChI is InChI=1S/C17H19BrN2OS/c1-12(15-5-3-4-6-16(15)18)20-17(22)19-11-13-7-9-14(21-2)10-8-13/h3-10,12H,11H2,1-2H3,(H2,19,20,22)/t12-/m1/s1. The Morgan fingerprint density at radius 1 is 1.18 bits per heavy atom. The highest BCUT2D eigenvalue weighted by Gasteiger charge is 2.09. The SMILES string of the molecule is COc1ccc(CNC(=S)N[C@H](C)c2ccccc2Br)cc1. The molecule has 0 bridgehead atoms. The van der Waals surface area contributed by atoms with Crippen LogP contribution >= 0.6 is 28.1 Å². The summed E-state index contributed by atoms with van der Waals surface area (Å²) >= 11 is 8.92. The number of hydrogen-bond acceptors (Lipinski definition) is 2. The van der Waals surface area contributed by atoms with Crippen molar-refractivity contribution in [3.05, 3.63) is 64.1 Å². The van der Waals surface area contributed by atoms with E-state index in [-0.39, 0.29) is 6.04 Å². The van der Waals surface area contributed by atoms with Gasteiger partial charge in [-0.1, -0.05) is 46.3 Å². The summed E-state index contributed by atoms with van der Waals surface area (Å²) in [5, 5.41) is 7.15. The molecule has 0 fully saturated rings. The van der Waals surface area contributed by atoms with Gasteiger partial charge in [-0.25, -0.2) is 0 Å². The fourth-order valence-corrected chi connectivity index (χ4v) is 2.95. The maximum absolute atomic E-state index is 5.36. The zero-order chi connectivity index (χ0) is 15.9. The average molecular weight is 379 g/mol. The van der Waals surface area contributed by atoms with Gasteiger partial charge in [0.2, 0.25) is 0 Å². The molecule has 0 saturated heterocycles. The van der Waals surface area contributed by atoms with Crippen LogP contribution in [-0.2, 0) is 6.54 Å². The molecule has 0 amide bonds. The van der Waals surface area contributed by atoms with Crippen molar-refractivity contribution < 1.29 is 4.74 Å². The first kappa shape index (κ1) is 16.8. The van der Waals surface area contributed by atoms with Crippen molar-refractivity contribution in [2.24, 2.45) is 0 Å². The Morgan fingerprint density at radius 3 is 2.50 bits per heavy atom. The molecule has 2 rings (SSSR count). The Balaban J connectivity index is 1.86. The lowest BCUT2D eigenvalue weighted by molar-refractivity contribution is 0.414. The molecule has 5 heteroatoms. The number of ether oxygens (including phenoxy) is 1. The van der Waals surface area contributed by atoms with Crippen molar-refractivity contribution in [1.82, 2.24) is 10.6 Å². The van der Waals surface area contributed by atoms with Gasteiger partial charge in [0.15, 0.2) is 5.11 Å². The van der Waals surface area contributed by atoms with Gasteiger partial charge in [-0.2, -0.15) is 0 Å². The molecule has 1 atom stereocenters. The third-order valence-electron chi connectivity index (χ3n) is 3.33. The summed E-state index contributed by atoms with van der Waals surface area (Å²) in [6, 6.07) is 16.2. The molecule has 116 valence electrons. The van der Waals surface area contributed by atoms with Crippen LogP contribution in [0.5, 0.6) is 5.75 Å². The predicted molar refractivity (Wildman–Crippen MR) is 98.1 cm³/mol. The topological polar surface area (TPSA) is 33.3 Å². The molecule has 0 radical (unpaired) electrons. The van der Waals surface area contributed by atoms with Crippen molar-refractivity contribution in [2.45, 2.75) is 19.5 Å². The first-order valence-corrected chi connectivity index (χ1v) is 8.22. The highest BCUT2D eigenvalue weighted by Crippen LogP contribution is 2.22. The van der Waals surface area contributed by atoms with Crippen molar-refractivity contribution in [1.29, 1.82) is 0 Å². The smallest absolute Gasteiger partial charge is 0.167 e. The number of nitrogens with one attached hydrogen (secondary N) is 2. The number of benzene rings is 2. The molecule has 2 N–H and O–H groups in total. The molecule has 22 heavy (non-hydrogen) atoms. The van der Waals surface area contributed by atoms with Gasteiger partial charge in [-0.05, 0) is 48.5 Å². The Kier molecular flexibility index (Phi) is 6.21. The van der Waals surface area contributed by atoms with Crippen molar-refractivity contribution >= 4 is 33.3 Å². The number of rotatable bonds is 5. The lowest BCUT2D eigenvalue weighted by atomic mass is 10.1. The second-order valence-electron chi connectivity index (χ2n) is 4.92. The van der Waals surface area contributed by atoms with E-state index < -0.39 is 0 Å². The predicted octanol–water partition coefficient (Wildman–Crippen LogP) is 4.18. The molecule has 2 aromatic rings. The van der Waals surface area contributed by atoms with Crippen molar-refractivity contribution in [2.75, 3.05) is 7.11 Å². The summed E-state index contributed by atoms with van der Waals surface area (Å²) in [4.78, 5) is 0. The Labute approximate surface area is 145 Å². The summed E-state index contributed by atoms with van der Waals surface area (Å²) in [6.45, 7) is 2.76. The number of methoxy groups -OCH3 is 1. The third-order valence-corrected chi connectivity index (χ3v) is 4.32. The zero-order valence-electron chi connectivity index (χ0n) is 12.6. The van der Waals surface area contributed by atoms with E-state index in [9.17, 15) is 0 Å². The fraction of sp³-hybridized carbons (Fsp3) is 0.235. The van der Waals surface area contributed by atoms with Crippen LogP contribution in [0.4, 0.5) is 0 Å². The normalized spacial score (nSPS) is 11.6. The molecule has 0 unspecified atom stereocenters. The maximum atomic E-state index is 5.36. The minimum absolute atomic E-state index is 0.131. The molecule has 0 aliphatic rings. The van der Waals surface area contributed by atoms with Gasteiger partial charge in [0, 0.05) is 11.0 Å². The average Bonchev–Trinajstić information content (AvgIpc) is 2.53. The largest absolute Gasteiger partial charge is 0.497 e. The highest BCUT2D eigenvalue weighted by atomic mass is 79.9. The second-order valence-corrected chi connectivity index (χ2v) is 6.18. The molecular formula is C17H19BrN2OS. The van der Waals surface area contributed by atoms with E-state index in [2.05, 4.69) is 39.6 Å². The van der Waals surface area contributed by atoms with Gasteiger partial charge < -0.3 is 15.4 Å². The van der Waals surface area contributed by atoms with Crippen molar-refractivity contribution in [3.8, 4) is 5.75 Å². The number of halogens is 1. The Hall–Kier alpha value is -1.59. The van der Waals surface area contributed by atoms with E-state index in [1.165, 1.54) is 5.56 Å². The summed E-state index contributed by atoms with van der Waals surface area (Å²) in [5.41, 5.74) is 2.33. The number of hydrogen-bond donors (Lipinski definition) is 2. The first-order valence-electron chi connectivity index (χ1n) is 7.02. The quantitative estimate of drug-likeness (QED) is 0.764. The lowest BCUT2D eigenvalue weighted by Crippen LogP contribution is -2.36. The molecule has 0 aliphatic heterocycles. The summed E-state index contributed by atoms with van der Waals surface area (Å²) in [5.74, 6) is 0.854. The van der Waals surface area contributed by atoms with E-state index in [1.54, 1.807) is 7.11 Å². The van der Waals surface area contributed by atoms with E-state index in [4.69, 9.17) is 17.0 Å². The van der Waals surface area contributed by atoms with E-state index in [0.29, 0.717) is 11.7 Å². The number of thiocarbonyl (C=S) groups is 1. The van der Waals surface area contributed by atoms with Crippen molar-refractivity contribution in [3.63, 3.8) is 0 Å². The van der Waals surface area contributed by atoms with Crippen LogP contribution in [0.15, 0.2) is 53.0 Å². The van der Waals surface area contributed by atoms with Crippen LogP contribution in [0, 0.1) is 0 Å². The van der Waals surface area contributed by atoms with E-state index in [0.717, 1.165) is 15.8 Å². The minimum atomic E-state index is 0.131. The molecule has 0 spiro atoms. The highest BCUT2D eigenvalue weighted by molar-refractivity contribution is 9.10. The van der Waals surface area contributed by atoms with E-state index >= 15 is 0 Å². The molecule has 0 aliphatic carbocycles. The summed E-state index contributed by atoms with van der Waals surface area (Å²) < 4.78 is 6.22. The Morgan fingerprint density at radius 2 is 1.86 bits per heavy atom. The third kappa shape index (κ3) is 4.71. The molecule has 0 heterocycles. The van der Waals surface area contributed by atoms with Crippen LogP contribution in [0.25, 0.3) is 0 Å². The van der Waals surface area contributed by atoms with Gasteiger partial charge in [0.1, 0.15) is 5.75 Å². The van der Waals surface area contributed by atoms with Gasteiger partial charge in [0.25, 0.3) is 0 Å². The lowest BCUT2D eigenvalue weighted by Gasteiger charge is -2.18. The van der Waals surface area contributed by atoms with Crippen LogP contribution in [-0.4, -0.2) is 12.2 Å². The molecule has 3 nitrogen and oxygen atoms in total. The van der Waals surface area contributed by atoms with Gasteiger partial charge in [0.05, 0.1) is 13.2 Å². The second kappa shape index (κ2) is 8.15. The molecule has 2 aromatic carbocycles. The van der Waals surface area contributed by atoms with Crippen LogP contribution < -0.4 is 15.4 Å². The first-order chi connectivity index (χ1) is 10.6. The molecule has 0 saturated carbocycles. The van der Waals surface area contributed by atoms with Gasteiger partial charge in [-0.15, -0.1) is 0 Å². The fourth-order valence-electron chi connectivity index (χ4n) is 2.08. The minimum Gasteiger partial charge on any atom is -0.497 e. The van der Waals surface area contributed by atoms with Crippen LogP contribution in [0.2, 0.25) is 0 Å². The van der Waals surface area contributed by atoms with Gasteiger partial charge in [-0.3, -0.25) is 0 Å². The summed E-state index contributed by atoms with van der Waals surface area (Å²) in [6.07, 6.45) is 0. The molecular weight excluding hydrogens is 360 g/mol. The molecule has 0 aromatic heterocycles. The summed E-state index contributed by atoms with van der Waals surface area (Å²) in [7, 11) is 1.66. The van der Waals surface area contributed by atoms with Crippen LogP contribution in [0.3, 0.4) is 0 Å².